The molecule has 0 aromatic heterocycles. The van der Waals surface area contributed by atoms with Gasteiger partial charge < -0.3 is 16.2 Å². The van der Waals surface area contributed by atoms with Gasteiger partial charge in [0.1, 0.15) is 0 Å². The standard InChI is InChI=1S/C10H13N3.C9H10FN3.C8H9N3.C2H6/c1-8-5-9(2)7-10(6-8)13-12-4-3-11;1-7-3-2-4-8(9(7)10)13-12-6-5-11;9-6-7-10-11-8-4-2-1-3-5-8;1-2/h3-7,11,13H,1-2H3;2-6,11,13H,1H3;1-7,9,11H;1-2H3/b11-3?,12-4-;11-5?,12-6-;9-6?,10-7-;. The molecule has 3 aromatic rings. The van der Waals surface area contributed by atoms with Crippen LogP contribution in [0.1, 0.15) is 30.5 Å². The Balaban J connectivity index is 0.000000540. The first-order valence-electron chi connectivity index (χ1n) is 12.1. The van der Waals surface area contributed by atoms with Crippen LogP contribution in [0.4, 0.5) is 21.5 Å². The third-order valence-corrected chi connectivity index (χ3v) is 4.21. The molecule has 0 saturated heterocycles. The molecule has 0 aliphatic heterocycles. The molecule has 0 spiro atoms. The number of aryl methyl sites for hydroxylation is 3. The zero-order valence-electron chi connectivity index (χ0n) is 23.0. The summed E-state index contributed by atoms with van der Waals surface area (Å²) in [6, 6.07) is 20.7. The maximum absolute atomic E-state index is 13.2. The highest BCUT2D eigenvalue weighted by Gasteiger charge is 2.01. The number of rotatable bonds is 9. The second-order valence-corrected chi connectivity index (χ2v) is 7.35. The van der Waals surface area contributed by atoms with Gasteiger partial charge in [-0.15, -0.1) is 0 Å². The van der Waals surface area contributed by atoms with Gasteiger partial charge in [0.05, 0.1) is 35.7 Å². The summed E-state index contributed by atoms with van der Waals surface area (Å²) in [7, 11) is 0. The van der Waals surface area contributed by atoms with Gasteiger partial charge in [0.2, 0.25) is 0 Å². The molecule has 10 heteroatoms. The van der Waals surface area contributed by atoms with Crippen molar-refractivity contribution in [2.45, 2.75) is 34.6 Å². The molecule has 0 aliphatic rings. The normalized spacial score (nSPS) is 9.79. The second-order valence-electron chi connectivity index (χ2n) is 7.35. The molecule has 0 bridgehead atoms. The van der Waals surface area contributed by atoms with Gasteiger partial charge in [0.25, 0.3) is 0 Å². The third-order valence-electron chi connectivity index (χ3n) is 4.21. The van der Waals surface area contributed by atoms with Crippen LogP contribution in [0.25, 0.3) is 0 Å². The summed E-state index contributed by atoms with van der Waals surface area (Å²) in [6.45, 7) is 9.76. The van der Waals surface area contributed by atoms with Crippen molar-refractivity contribution in [2.75, 3.05) is 16.3 Å². The largest absolute Gasteiger partial charge is 0.307 e. The van der Waals surface area contributed by atoms with Crippen LogP contribution in [0.2, 0.25) is 0 Å². The molecule has 0 amide bonds. The Morgan fingerprint density at radius 2 is 1.10 bits per heavy atom. The van der Waals surface area contributed by atoms with E-state index in [1.165, 1.54) is 29.8 Å². The van der Waals surface area contributed by atoms with Gasteiger partial charge in [0, 0.05) is 18.6 Å². The van der Waals surface area contributed by atoms with Crippen LogP contribution in [0.15, 0.2) is 82.0 Å². The van der Waals surface area contributed by atoms with Crippen LogP contribution in [0.5, 0.6) is 0 Å². The quantitative estimate of drug-likeness (QED) is 0.127. The Morgan fingerprint density at radius 3 is 1.62 bits per heavy atom. The van der Waals surface area contributed by atoms with Crippen LogP contribution in [-0.4, -0.2) is 37.3 Å². The van der Waals surface area contributed by atoms with Crippen LogP contribution in [-0.2, 0) is 0 Å². The molecule has 0 saturated carbocycles. The molecule has 0 fully saturated rings. The van der Waals surface area contributed by atoms with Crippen LogP contribution in [0.3, 0.4) is 0 Å². The fraction of sp³-hybridized carbons (Fsp3) is 0.172. The number of para-hydroxylation sites is 1. The van der Waals surface area contributed by atoms with Crippen molar-refractivity contribution < 1.29 is 4.39 Å². The molecule has 206 valence electrons. The maximum atomic E-state index is 13.2. The molecular weight excluding hydrogens is 493 g/mol. The molecule has 3 rings (SSSR count). The van der Waals surface area contributed by atoms with Gasteiger partial charge in [0.15, 0.2) is 5.82 Å². The van der Waals surface area contributed by atoms with E-state index >= 15 is 0 Å². The van der Waals surface area contributed by atoms with Gasteiger partial charge in [-0.05, 0) is 67.8 Å². The predicted molar refractivity (Wildman–Crippen MR) is 168 cm³/mol. The van der Waals surface area contributed by atoms with Gasteiger partial charge in [-0.1, -0.05) is 50.2 Å². The molecule has 0 heterocycles. The first kappa shape index (κ1) is 34.0. The lowest BCUT2D eigenvalue weighted by atomic mass is 10.1. The summed E-state index contributed by atoms with van der Waals surface area (Å²) < 4.78 is 13.2. The molecule has 0 aliphatic carbocycles. The fourth-order valence-electron chi connectivity index (χ4n) is 2.73. The molecule has 39 heavy (non-hydrogen) atoms. The van der Waals surface area contributed by atoms with E-state index in [1.807, 2.05) is 70.2 Å². The lowest BCUT2D eigenvalue weighted by molar-refractivity contribution is 0.621. The number of hydrogen-bond acceptors (Lipinski definition) is 9. The van der Waals surface area contributed by atoms with E-state index in [-0.39, 0.29) is 5.82 Å². The lowest BCUT2D eigenvalue weighted by Gasteiger charge is -2.02. The van der Waals surface area contributed by atoms with E-state index in [0.29, 0.717) is 11.3 Å². The number of nitrogens with one attached hydrogen (secondary N) is 6. The number of anilines is 3. The predicted octanol–water partition coefficient (Wildman–Crippen LogP) is 7.29. The summed E-state index contributed by atoms with van der Waals surface area (Å²) in [5.41, 5.74) is 13.3. The molecule has 0 unspecified atom stereocenters. The second kappa shape index (κ2) is 22.2. The minimum absolute atomic E-state index is 0.315. The topological polar surface area (TPSA) is 145 Å². The first-order chi connectivity index (χ1) is 18.9. The SMILES string of the molecule is CC.Cc1cc(C)cc(N/N=C\C=N)c1.Cc1cccc(N/N=C\C=N)c1F.N=C/C=N\Nc1ccccc1. The molecule has 0 atom stereocenters. The Hall–Kier alpha value is -4.99. The Labute approximate surface area is 230 Å². The monoisotopic (exact) mass is 531 g/mol. The number of nitrogens with zero attached hydrogens (tertiary/aromatic N) is 3. The minimum Gasteiger partial charge on any atom is -0.307 e. The zero-order valence-corrected chi connectivity index (χ0v) is 23.0. The van der Waals surface area contributed by atoms with Crippen molar-refractivity contribution in [1.29, 1.82) is 16.2 Å². The van der Waals surface area contributed by atoms with Gasteiger partial charge in [-0.25, -0.2) is 4.39 Å². The minimum atomic E-state index is -0.315. The van der Waals surface area contributed by atoms with Crippen molar-refractivity contribution in [3.8, 4) is 0 Å². The number of hydrogen-bond donors (Lipinski definition) is 6. The average Bonchev–Trinajstić information content (AvgIpc) is 2.93. The summed E-state index contributed by atoms with van der Waals surface area (Å²) in [5, 5.41) is 31.2. The molecule has 6 N–H and O–H groups in total. The number of benzene rings is 3. The van der Waals surface area contributed by atoms with Crippen LogP contribution in [0, 0.1) is 42.8 Å². The van der Waals surface area contributed by atoms with Gasteiger partial charge in [-0.3, -0.25) is 16.3 Å². The Kier molecular flexibility index (Phi) is 19.4. The first-order valence-corrected chi connectivity index (χ1v) is 12.1. The highest BCUT2D eigenvalue weighted by Crippen LogP contribution is 2.16. The Morgan fingerprint density at radius 1 is 0.615 bits per heavy atom. The van der Waals surface area contributed by atoms with Crippen LogP contribution >= 0.6 is 0 Å². The zero-order chi connectivity index (χ0) is 29.3. The lowest BCUT2D eigenvalue weighted by Crippen LogP contribution is -1.94. The van der Waals surface area contributed by atoms with Crippen molar-refractivity contribution >= 4 is 54.3 Å². The molecule has 3 aromatic carbocycles. The summed E-state index contributed by atoms with van der Waals surface area (Å²) in [4.78, 5) is 0. The smallest absolute Gasteiger partial charge is 0.151 e. The summed E-state index contributed by atoms with van der Waals surface area (Å²) >= 11 is 0. The van der Waals surface area contributed by atoms with E-state index in [2.05, 4.69) is 37.6 Å². The van der Waals surface area contributed by atoms with E-state index in [4.69, 9.17) is 16.2 Å². The Bertz CT molecular complexity index is 1190. The summed E-state index contributed by atoms with van der Waals surface area (Å²) in [6.07, 6.45) is 7.29. The number of halogens is 1. The van der Waals surface area contributed by atoms with E-state index in [0.717, 1.165) is 30.0 Å². The van der Waals surface area contributed by atoms with Crippen molar-refractivity contribution in [3.05, 3.63) is 89.2 Å². The van der Waals surface area contributed by atoms with E-state index in [9.17, 15) is 4.39 Å². The molecule has 9 nitrogen and oxygen atoms in total. The number of hydrazone groups is 3. The molecular formula is C29H38FN9. The van der Waals surface area contributed by atoms with E-state index < -0.39 is 0 Å². The maximum Gasteiger partial charge on any atom is 0.151 e. The van der Waals surface area contributed by atoms with E-state index in [1.54, 1.807) is 25.1 Å². The highest BCUT2D eigenvalue weighted by atomic mass is 19.1. The van der Waals surface area contributed by atoms with Crippen molar-refractivity contribution in [2.24, 2.45) is 15.3 Å². The average molecular weight is 532 g/mol. The van der Waals surface area contributed by atoms with Gasteiger partial charge >= 0.3 is 0 Å². The third kappa shape index (κ3) is 16.4. The van der Waals surface area contributed by atoms with Crippen molar-refractivity contribution in [3.63, 3.8) is 0 Å². The highest BCUT2D eigenvalue weighted by molar-refractivity contribution is 6.15. The van der Waals surface area contributed by atoms with Crippen LogP contribution < -0.4 is 16.3 Å². The van der Waals surface area contributed by atoms with Gasteiger partial charge in [-0.2, -0.15) is 15.3 Å². The summed E-state index contributed by atoms with van der Waals surface area (Å²) in [5.74, 6) is -0.315. The fourth-order valence-corrected chi connectivity index (χ4v) is 2.73. The molecule has 0 radical (unpaired) electrons. The van der Waals surface area contributed by atoms with Crippen molar-refractivity contribution in [1.82, 2.24) is 0 Å².